The lowest BCUT2D eigenvalue weighted by Crippen LogP contribution is -2.43. The summed E-state index contributed by atoms with van der Waals surface area (Å²) in [6.07, 6.45) is 5.95. The maximum absolute atomic E-state index is 5.58. The predicted octanol–water partition coefficient (Wildman–Crippen LogP) is 3.31. The van der Waals surface area contributed by atoms with Crippen molar-refractivity contribution in [1.29, 1.82) is 0 Å². The molecule has 0 aromatic carbocycles. The minimum Gasteiger partial charge on any atom is -0.381 e. The van der Waals surface area contributed by atoms with Gasteiger partial charge < -0.3 is 9.64 Å². The van der Waals surface area contributed by atoms with Crippen LogP contribution in [-0.4, -0.2) is 40.9 Å². The van der Waals surface area contributed by atoms with Gasteiger partial charge in [0.1, 0.15) is 5.82 Å². The fraction of sp³-hybridized carbons (Fsp3) is 0.684. The van der Waals surface area contributed by atoms with E-state index in [2.05, 4.69) is 36.3 Å². The van der Waals surface area contributed by atoms with Crippen molar-refractivity contribution in [2.75, 3.05) is 31.2 Å². The molecule has 130 valence electrons. The van der Waals surface area contributed by atoms with Crippen LogP contribution in [0.25, 0.3) is 5.65 Å². The smallest absolute Gasteiger partial charge is 0.160 e. The van der Waals surface area contributed by atoms with Crippen LogP contribution in [0.5, 0.6) is 0 Å². The Hall–Kier alpha value is -1.62. The first kappa shape index (κ1) is 15.9. The third kappa shape index (κ3) is 2.59. The van der Waals surface area contributed by atoms with Crippen molar-refractivity contribution in [3.8, 4) is 0 Å². The van der Waals surface area contributed by atoms with E-state index in [0.717, 1.165) is 49.8 Å². The van der Waals surface area contributed by atoms with E-state index in [0.29, 0.717) is 5.41 Å². The third-order valence-electron chi connectivity index (χ3n) is 6.15. The monoisotopic (exact) mass is 328 g/mol. The summed E-state index contributed by atoms with van der Waals surface area (Å²) in [5, 5.41) is 4.76. The van der Waals surface area contributed by atoms with Crippen molar-refractivity contribution in [1.82, 2.24) is 14.6 Å². The van der Waals surface area contributed by atoms with Crippen molar-refractivity contribution >= 4 is 11.5 Å². The molecule has 0 bridgehead atoms. The highest BCUT2D eigenvalue weighted by atomic mass is 16.5. The number of piperidine rings is 1. The molecule has 0 amide bonds. The number of nitrogens with zero attached hydrogens (tertiary/aromatic N) is 4. The number of aromatic nitrogens is 3. The molecule has 2 saturated heterocycles. The Labute approximate surface area is 144 Å². The van der Waals surface area contributed by atoms with Crippen LogP contribution in [0, 0.1) is 19.3 Å². The molecule has 5 nitrogen and oxygen atoms in total. The van der Waals surface area contributed by atoms with Crippen LogP contribution in [0.4, 0.5) is 5.82 Å². The molecule has 0 N–H and O–H groups in total. The van der Waals surface area contributed by atoms with Gasteiger partial charge in [0.05, 0.1) is 5.69 Å². The van der Waals surface area contributed by atoms with E-state index in [1.165, 1.54) is 37.1 Å². The zero-order chi connectivity index (χ0) is 16.7. The maximum Gasteiger partial charge on any atom is 0.160 e. The Morgan fingerprint density at radius 2 is 1.83 bits per heavy atom. The van der Waals surface area contributed by atoms with Gasteiger partial charge in [0.15, 0.2) is 5.65 Å². The molecule has 24 heavy (non-hydrogen) atoms. The fourth-order valence-electron chi connectivity index (χ4n) is 4.18. The highest BCUT2D eigenvalue weighted by Crippen LogP contribution is 2.41. The molecule has 4 heterocycles. The first-order chi connectivity index (χ1) is 11.6. The largest absolute Gasteiger partial charge is 0.381 e. The molecule has 5 heteroatoms. The van der Waals surface area contributed by atoms with Gasteiger partial charge in [-0.15, -0.1) is 0 Å². The van der Waals surface area contributed by atoms with Gasteiger partial charge in [-0.05, 0) is 51.4 Å². The Morgan fingerprint density at radius 1 is 1.12 bits per heavy atom. The molecule has 2 aliphatic rings. The van der Waals surface area contributed by atoms with Crippen molar-refractivity contribution in [2.45, 2.75) is 52.9 Å². The number of fused-ring (bicyclic) bond motifs is 1. The van der Waals surface area contributed by atoms with Crippen LogP contribution < -0.4 is 4.90 Å². The van der Waals surface area contributed by atoms with Crippen LogP contribution in [0.15, 0.2) is 6.07 Å². The Balaban J connectivity index is 1.66. The van der Waals surface area contributed by atoms with E-state index in [9.17, 15) is 0 Å². The molecular formula is C19H28N4O. The van der Waals surface area contributed by atoms with Gasteiger partial charge in [-0.1, -0.05) is 6.92 Å². The quantitative estimate of drug-likeness (QED) is 0.848. The van der Waals surface area contributed by atoms with Gasteiger partial charge in [-0.25, -0.2) is 4.98 Å². The number of anilines is 1. The third-order valence-corrected chi connectivity index (χ3v) is 6.15. The molecule has 0 saturated carbocycles. The summed E-state index contributed by atoms with van der Waals surface area (Å²) >= 11 is 0. The van der Waals surface area contributed by atoms with Crippen LogP contribution in [-0.2, 0) is 11.2 Å². The first-order valence-electron chi connectivity index (χ1n) is 9.30. The van der Waals surface area contributed by atoms with Gasteiger partial charge in [0.25, 0.3) is 0 Å². The van der Waals surface area contributed by atoms with Crippen LogP contribution in [0.1, 0.15) is 49.6 Å². The van der Waals surface area contributed by atoms with Gasteiger partial charge in [-0.2, -0.15) is 9.61 Å². The molecule has 0 unspecified atom stereocenters. The zero-order valence-electron chi connectivity index (χ0n) is 15.1. The molecule has 1 spiro atoms. The molecule has 0 radical (unpaired) electrons. The van der Waals surface area contributed by atoms with Crippen molar-refractivity contribution < 1.29 is 4.74 Å². The lowest BCUT2D eigenvalue weighted by atomic mass is 9.72. The summed E-state index contributed by atoms with van der Waals surface area (Å²) in [4.78, 5) is 7.32. The number of ether oxygens (including phenoxy) is 1. The van der Waals surface area contributed by atoms with E-state index in [-0.39, 0.29) is 0 Å². The number of aryl methyl sites for hydroxylation is 3. The topological polar surface area (TPSA) is 42.7 Å². The van der Waals surface area contributed by atoms with Crippen LogP contribution >= 0.6 is 0 Å². The Bertz CT molecular complexity index is 735. The summed E-state index contributed by atoms with van der Waals surface area (Å²) in [5.41, 5.74) is 4.98. The van der Waals surface area contributed by atoms with Crippen molar-refractivity contribution in [2.24, 2.45) is 5.41 Å². The summed E-state index contributed by atoms with van der Waals surface area (Å²) in [6, 6.07) is 2.24. The first-order valence-corrected chi connectivity index (χ1v) is 9.30. The predicted molar refractivity (Wildman–Crippen MR) is 95.8 cm³/mol. The van der Waals surface area contributed by atoms with E-state index in [1.54, 1.807) is 0 Å². The molecule has 2 fully saturated rings. The molecule has 4 rings (SSSR count). The molecule has 2 aromatic rings. The van der Waals surface area contributed by atoms with Gasteiger partial charge in [-0.3, -0.25) is 0 Å². The minimum atomic E-state index is 0.518. The van der Waals surface area contributed by atoms with Gasteiger partial charge >= 0.3 is 0 Å². The normalized spacial score (nSPS) is 20.9. The molecule has 0 atom stereocenters. The number of hydrogen-bond acceptors (Lipinski definition) is 4. The minimum absolute atomic E-state index is 0.518. The van der Waals surface area contributed by atoms with E-state index in [1.807, 2.05) is 0 Å². The second-order valence-corrected chi connectivity index (χ2v) is 7.50. The van der Waals surface area contributed by atoms with Crippen LogP contribution in [0.2, 0.25) is 0 Å². The van der Waals surface area contributed by atoms with Gasteiger partial charge in [0.2, 0.25) is 0 Å². The van der Waals surface area contributed by atoms with Crippen LogP contribution in [0.3, 0.4) is 0 Å². The summed E-state index contributed by atoms with van der Waals surface area (Å²) in [6.45, 7) is 10.5. The maximum atomic E-state index is 5.58. The second kappa shape index (κ2) is 6.03. The average Bonchev–Trinajstić information content (AvgIpc) is 2.90. The summed E-state index contributed by atoms with van der Waals surface area (Å²) < 4.78 is 7.64. The number of rotatable bonds is 2. The van der Waals surface area contributed by atoms with Crippen molar-refractivity contribution in [3.05, 3.63) is 23.0 Å². The molecule has 2 aromatic heterocycles. The Morgan fingerprint density at radius 3 is 2.50 bits per heavy atom. The summed E-state index contributed by atoms with van der Waals surface area (Å²) in [5.74, 6) is 1.22. The molecular weight excluding hydrogens is 300 g/mol. The van der Waals surface area contributed by atoms with Crippen molar-refractivity contribution in [3.63, 3.8) is 0 Å². The Kier molecular flexibility index (Phi) is 3.99. The lowest BCUT2D eigenvalue weighted by Gasteiger charge is -2.44. The second-order valence-electron chi connectivity index (χ2n) is 7.50. The van der Waals surface area contributed by atoms with E-state index < -0.39 is 0 Å². The number of hydrogen-bond donors (Lipinski definition) is 0. The average molecular weight is 328 g/mol. The highest BCUT2D eigenvalue weighted by Gasteiger charge is 2.36. The standard InChI is InChI=1S/C19H28N4O/c1-4-16-13-17(23-18(20-16)14(2)15(3)21-23)22-9-5-19(6-10-22)7-11-24-12-8-19/h13H,4-12H2,1-3H3. The summed E-state index contributed by atoms with van der Waals surface area (Å²) in [7, 11) is 0. The molecule has 0 aliphatic carbocycles. The SMILES string of the molecule is CCc1cc(N2CCC3(CCOCC3)CC2)n2nc(C)c(C)c2n1. The van der Waals surface area contributed by atoms with Gasteiger partial charge in [0, 0.05) is 43.6 Å². The highest BCUT2D eigenvalue weighted by molar-refractivity contribution is 5.57. The lowest BCUT2D eigenvalue weighted by molar-refractivity contribution is 0.00202. The molecule has 2 aliphatic heterocycles. The van der Waals surface area contributed by atoms with E-state index in [4.69, 9.17) is 14.8 Å². The van der Waals surface area contributed by atoms with E-state index >= 15 is 0 Å². The fourth-order valence-corrected chi connectivity index (χ4v) is 4.18. The zero-order valence-corrected chi connectivity index (χ0v) is 15.1.